The van der Waals surface area contributed by atoms with E-state index in [1.807, 2.05) is 6.92 Å². The maximum absolute atomic E-state index is 13.5. The zero-order valence-corrected chi connectivity index (χ0v) is 14.6. The SMILES string of the molecule is CCOc1ccc(O[C@H](C)C(=O)NNC(=O)Cc2ccccc2F)cc1. The maximum Gasteiger partial charge on any atom is 0.279 e. The van der Waals surface area contributed by atoms with Gasteiger partial charge >= 0.3 is 0 Å². The molecule has 2 aromatic carbocycles. The summed E-state index contributed by atoms with van der Waals surface area (Å²) < 4.78 is 24.3. The fourth-order valence-corrected chi connectivity index (χ4v) is 2.13. The fraction of sp³-hybridized carbons (Fsp3) is 0.263. The molecule has 0 saturated heterocycles. The number of carbonyl (C=O) groups is 2. The Morgan fingerprint density at radius 1 is 1.04 bits per heavy atom. The van der Waals surface area contributed by atoms with Crippen molar-refractivity contribution in [2.24, 2.45) is 0 Å². The molecule has 0 unspecified atom stereocenters. The Hall–Kier alpha value is -3.09. The first-order chi connectivity index (χ1) is 12.5. The van der Waals surface area contributed by atoms with Crippen molar-refractivity contribution in [1.82, 2.24) is 10.9 Å². The van der Waals surface area contributed by atoms with Gasteiger partial charge < -0.3 is 9.47 Å². The van der Waals surface area contributed by atoms with Crippen molar-refractivity contribution in [3.8, 4) is 11.5 Å². The highest BCUT2D eigenvalue weighted by Gasteiger charge is 2.16. The molecule has 2 amide bonds. The number of carbonyl (C=O) groups excluding carboxylic acids is 2. The summed E-state index contributed by atoms with van der Waals surface area (Å²) in [5.74, 6) is -0.329. The number of ether oxygens (including phenoxy) is 2. The average Bonchev–Trinajstić information content (AvgIpc) is 2.63. The van der Waals surface area contributed by atoms with E-state index in [4.69, 9.17) is 9.47 Å². The molecule has 0 radical (unpaired) electrons. The number of hydrogen-bond donors (Lipinski definition) is 2. The summed E-state index contributed by atoms with van der Waals surface area (Å²) >= 11 is 0. The summed E-state index contributed by atoms with van der Waals surface area (Å²) in [7, 11) is 0. The quantitative estimate of drug-likeness (QED) is 0.744. The molecule has 138 valence electrons. The lowest BCUT2D eigenvalue weighted by atomic mass is 10.1. The van der Waals surface area contributed by atoms with Crippen LogP contribution in [0.5, 0.6) is 11.5 Å². The van der Waals surface area contributed by atoms with Crippen LogP contribution in [-0.2, 0) is 16.0 Å². The number of halogens is 1. The van der Waals surface area contributed by atoms with Gasteiger partial charge in [0.05, 0.1) is 13.0 Å². The van der Waals surface area contributed by atoms with Crippen LogP contribution in [-0.4, -0.2) is 24.5 Å². The standard InChI is InChI=1S/C19H21FN2O4/c1-3-25-15-8-10-16(11-9-15)26-13(2)19(24)22-21-18(23)12-14-6-4-5-7-17(14)20/h4-11,13H,3,12H2,1-2H3,(H,21,23)(H,22,24)/t13-/m1/s1. The summed E-state index contributed by atoms with van der Waals surface area (Å²) in [5, 5.41) is 0. The van der Waals surface area contributed by atoms with Gasteiger partial charge in [0, 0.05) is 0 Å². The van der Waals surface area contributed by atoms with Gasteiger partial charge in [0.15, 0.2) is 6.10 Å². The van der Waals surface area contributed by atoms with E-state index in [-0.39, 0.29) is 12.0 Å². The van der Waals surface area contributed by atoms with Crippen molar-refractivity contribution >= 4 is 11.8 Å². The zero-order chi connectivity index (χ0) is 18.9. The first-order valence-corrected chi connectivity index (χ1v) is 8.21. The van der Waals surface area contributed by atoms with Crippen molar-refractivity contribution < 1.29 is 23.5 Å². The van der Waals surface area contributed by atoms with Crippen LogP contribution in [0.1, 0.15) is 19.4 Å². The molecular formula is C19H21FN2O4. The molecule has 0 fully saturated rings. The highest BCUT2D eigenvalue weighted by molar-refractivity contribution is 5.85. The third-order valence-electron chi connectivity index (χ3n) is 3.45. The van der Waals surface area contributed by atoms with E-state index in [9.17, 15) is 14.0 Å². The molecule has 0 aromatic heterocycles. The Bertz CT molecular complexity index is 749. The fourth-order valence-electron chi connectivity index (χ4n) is 2.13. The van der Waals surface area contributed by atoms with E-state index in [2.05, 4.69) is 10.9 Å². The van der Waals surface area contributed by atoms with Crippen molar-refractivity contribution in [2.75, 3.05) is 6.61 Å². The smallest absolute Gasteiger partial charge is 0.279 e. The van der Waals surface area contributed by atoms with E-state index in [0.29, 0.717) is 18.1 Å². The molecule has 0 bridgehead atoms. The second-order valence-corrected chi connectivity index (χ2v) is 5.47. The van der Waals surface area contributed by atoms with Crippen molar-refractivity contribution in [2.45, 2.75) is 26.4 Å². The molecule has 0 saturated carbocycles. The number of amides is 2. The number of rotatable bonds is 7. The molecule has 0 spiro atoms. The molecule has 0 aliphatic rings. The van der Waals surface area contributed by atoms with Crippen LogP contribution in [0.25, 0.3) is 0 Å². The van der Waals surface area contributed by atoms with E-state index >= 15 is 0 Å². The lowest BCUT2D eigenvalue weighted by Gasteiger charge is -2.15. The molecule has 6 nitrogen and oxygen atoms in total. The zero-order valence-electron chi connectivity index (χ0n) is 14.6. The summed E-state index contributed by atoms with van der Waals surface area (Å²) in [5.41, 5.74) is 4.76. The van der Waals surface area contributed by atoms with Crippen LogP contribution in [0, 0.1) is 5.82 Å². The number of hydrogen-bond acceptors (Lipinski definition) is 4. The Labute approximate surface area is 151 Å². The first kappa shape index (κ1) is 19.2. The minimum absolute atomic E-state index is 0.179. The van der Waals surface area contributed by atoms with E-state index < -0.39 is 23.7 Å². The summed E-state index contributed by atoms with van der Waals surface area (Å²) in [6.07, 6.45) is -1.01. The van der Waals surface area contributed by atoms with Crippen LogP contribution in [0.3, 0.4) is 0 Å². The van der Waals surface area contributed by atoms with E-state index in [1.54, 1.807) is 43.3 Å². The monoisotopic (exact) mass is 360 g/mol. The van der Waals surface area contributed by atoms with Gasteiger partial charge in [-0.2, -0.15) is 0 Å². The molecule has 2 N–H and O–H groups in total. The number of hydrazine groups is 1. The largest absolute Gasteiger partial charge is 0.494 e. The van der Waals surface area contributed by atoms with Crippen LogP contribution in [0.15, 0.2) is 48.5 Å². The first-order valence-electron chi connectivity index (χ1n) is 8.21. The van der Waals surface area contributed by atoms with Crippen molar-refractivity contribution in [3.63, 3.8) is 0 Å². The number of nitrogens with one attached hydrogen (secondary N) is 2. The highest BCUT2D eigenvalue weighted by Crippen LogP contribution is 2.18. The lowest BCUT2D eigenvalue weighted by Crippen LogP contribution is -2.47. The van der Waals surface area contributed by atoms with Gasteiger partial charge in [0.1, 0.15) is 17.3 Å². The summed E-state index contributed by atoms with van der Waals surface area (Å²) in [4.78, 5) is 23.8. The van der Waals surface area contributed by atoms with Gasteiger partial charge in [-0.15, -0.1) is 0 Å². The lowest BCUT2D eigenvalue weighted by molar-refractivity contribution is -0.132. The molecule has 0 heterocycles. The second kappa shape index (κ2) is 9.41. The molecule has 0 aliphatic carbocycles. The highest BCUT2D eigenvalue weighted by atomic mass is 19.1. The Kier molecular flexibility index (Phi) is 6.96. The molecule has 2 rings (SSSR count). The van der Waals surface area contributed by atoms with Crippen molar-refractivity contribution in [1.29, 1.82) is 0 Å². The third-order valence-corrected chi connectivity index (χ3v) is 3.45. The average molecular weight is 360 g/mol. The van der Waals surface area contributed by atoms with Gasteiger partial charge in [0.2, 0.25) is 5.91 Å². The van der Waals surface area contributed by atoms with E-state index in [1.165, 1.54) is 12.1 Å². The van der Waals surface area contributed by atoms with Crippen LogP contribution in [0.2, 0.25) is 0 Å². The molecule has 0 aliphatic heterocycles. The maximum atomic E-state index is 13.5. The van der Waals surface area contributed by atoms with Crippen LogP contribution in [0.4, 0.5) is 4.39 Å². The van der Waals surface area contributed by atoms with Gasteiger partial charge in [-0.1, -0.05) is 18.2 Å². The molecule has 7 heteroatoms. The Morgan fingerprint density at radius 2 is 1.69 bits per heavy atom. The molecule has 1 atom stereocenters. The summed E-state index contributed by atoms with van der Waals surface area (Å²) in [6.45, 7) is 4.00. The molecule has 26 heavy (non-hydrogen) atoms. The normalized spacial score (nSPS) is 11.3. The van der Waals surface area contributed by atoms with Crippen LogP contribution >= 0.6 is 0 Å². The number of benzene rings is 2. The third kappa shape index (κ3) is 5.77. The Balaban J connectivity index is 1.79. The van der Waals surface area contributed by atoms with Gasteiger partial charge in [-0.25, -0.2) is 4.39 Å². The minimum Gasteiger partial charge on any atom is -0.494 e. The predicted octanol–water partition coefficient (Wildman–Crippen LogP) is 2.38. The summed E-state index contributed by atoms with van der Waals surface area (Å²) in [6, 6.07) is 12.8. The predicted molar refractivity (Wildman–Crippen MR) is 94.1 cm³/mol. The van der Waals surface area contributed by atoms with Crippen molar-refractivity contribution in [3.05, 3.63) is 59.9 Å². The van der Waals surface area contributed by atoms with Gasteiger partial charge in [-0.3, -0.25) is 20.4 Å². The van der Waals surface area contributed by atoms with Crippen LogP contribution < -0.4 is 20.3 Å². The molecule has 2 aromatic rings. The Morgan fingerprint density at radius 3 is 2.35 bits per heavy atom. The molecular weight excluding hydrogens is 339 g/mol. The van der Waals surface area contributed by atoms with E-state index in [0.717, 1.165) is 0 Å². The van der Waals surface area contributed by atoms with Gasteiger partial charge in [0.25, 0.3) is 5.91 Å². The van der Waals surface area contributed by atoms with Gasteiger partial charge in [-0.05, 0) is 49.7 Å². The topological polar surface area (TPSA) is 76.7 Å². The minimum atomic E-state index is -0.832. The second-order valence-electron chi connectivity index (χ2n) is 5.47.